The predicted octanol–water partition coefficient (Wildman–Crippen LogP) is 4.17. The number of nitrogens with one attached hydrogen (secondary N) is 1. The molecule has 11 heteroatoms. The van der Waals surface area contributed by atoms with Crippen LogP contribution in [0.1, 0.15) is 50.2 Å². The first-order valence-electron chi connectivity index (χ1n) is 9.87. The van der Waals surface area contributed by atoms with Gasteiger partial charge in [-0.3, -0.25) is 9.71 Å². The molecule has 0 aliphatic heterocycles. The highest BCUT2D eigenvalue weighted by Gasteiger charge is 2.20. The number of sulfonamides is 1. The Kier molecular flexibility index (Phi) is 6.59. The number of anilines is 1. The van der Waals surface area contributed by atoms with Crippen molar-refractivity contribution in [1.29, 1.82) is 0 Å². The van der Waals surface area contributed by atoms with E-state index < -0.39 is 39.1 Å². The third-order valence-electron chi connectivity index (χ3n) is 5.17. The van der Waals surface area contributed by atoms with Crippen molar-refractivity contribution in [2.75, 3.05) is 4.72 Å². The lowest BCUT2D eigenvalue weighted by molar-refractivity contribution is 0.146. The van der Waals surface area contributed by atoms with E-state index in [4.69, 9.17) is 0 Å². The number of aromatic nitrogens is 3. The highest BCUT2D eigenvalue weighted by molar-refractivity contribution is 7.93. The topological polar surface area (TPSA) is 89.2 Å². The largest absolute Gasteiger partial charge is 0.331 e. The fourth-order valence-corrected chi connectivity index (χ4v) is 3.73. The van der Waals surface area contributed by atoms with Crippen LogP contribution >= 0.6 is 0 Å². The molecule has 0 amide bonds. The van der Waals surface area contributed by atoms with Gasteiger partial charge in [-0.2, -0.15) is 0 Å². The number of halogens is 3. The van der Waals surface area contributed by atoms with Crippen LogP contribution in [0.4, 0.5) is 19.0 Å². The molecule has 0 aliphatic carbocycles. The van der Waals surface area contributed by atoms with E-state index in [1.54, 1.807) is 39.3 Å². The second-order valence-corrected chi connectivity index (χ2v) is 9.92. The molecule has 1 N–H and O–H groups in total. The molecule has 32 heavy (non-hydrogen) atoms. The quantitative estimate of drug-likeness (QED) is 0.589. The van der Waals surface area contributed by atoms with Gasteiger partial charge in [0.05, 0.1) is 28.6 Å². The van der Waals surface area contributed by atoms with Gasteiger partial charge in [0.15, 0.2) is 5.49 Å². The highest BCUT2D eigenvalue weighted by atomic mass is 32.2. The summed E-state index contributed by atoms with van der Waals surface area (Å²) in [4.78, 5) is 13.1. The molecule has 7 nitrogen and oxygen atoms in total. The van der Waals surface area contributed by atoms with Gasteiger partial charge in [-0.15, -0.1) is 0 Å². The number of hydrogen-bond acceptors (Lipinski definition) is 5. The van der Waals surface area contributed by atoms with Crippen molar-refractivity contribution in [3.63, 3.8) is 0 Å². The Morgan fingerprint density at radius 3 is 2.44 bits per heavy atom. The van der Waals surface area contributed by atoms with Crippen molar-refractivity contribution in [3.8, 4) is 0 Å². The smallest absolute Gasteiger partial charge is 0.266 e. The van der Waals surface area contributed by atoms with Gasteiger partial charge in [0.2, 0.25) is 10.0 Å². The van der Waals surface area contributed by atoms with Gasteiger partial charge in [-0.05, 0) is 33.8 Å². The lowest BCUT2D eigenvalue weighted by atomic mass is 10.0. The van der Waals surface area contributed by atoms with E-state index in [0.717, 1.165) is 6.07 Å². The molecule has 0 fully saturated rings. The third kappa shape index (κ3) is 4.62. The van der Waals surface area contributed by atoms with Gasteiger partial charge < -0.3 is 4.57 Å². The molecule has 3 aromatic rings. The summed E-state index contributed by atoms with van der Waals surface area (Å²) in [5.41, 5.74) is 0.168. The van der Waals surface area contributed by atoms with Crippen LogP contribution in [0.5, 0.6) is 0 Å². The molecule has 0 radical (unpaired) electrons. The zero-order valence-corrected chi connectivity index (χ0v) is 19.1. The minimum atomic E-state index is -3.63. The second kappa shape index (κ2) is 8.89. The highest BCUT2D eigenvalue weighted by Crippen LogP contribution is 2.28. The maximum absolute atomic E-state index is 14.6. The summed E-state index contributed by atoms with van der Waals surface area (Å²) in [6.07, 6.45) is -1.45. The lowest BCUT2D eigenvalue weighted by Crippen LogP contribution is -2.23. The van der Waals surface area contributed by atoms with Crippen molar-refractivity contribution in [2.45, 2.75) is 45.4 Å². The van der Waals surface area contributed by atoms with Gasteiger partial charge in [-0.1, -0.05) is 18.2 Å². The third-order valence-corrected chi connectivity index (χ3v) is 6.90. The fourth-order valence-electron chi connectivity index (χ4n) is 3.09. The fraction of sp³-hybridized carbons (Fsp3) is 0.381. The lowest BCUT2D eigenvalue weighted by Gasteiger charge is -2.14. The average Bonchev–Trinajstić information content (AvgIpc) is 2.71. The minimum Gasteiger partial charge on any atom is -0.331 e. The van der Waals surface area contributed by atoms with Gasteiger partial charge >= 0.3 is 0 Å². The monoisotopic (exact) mass is 467 g/mol. The zero-order valence-electron chi connectivity index (χ0n) is 18.3. The Labute approximate surface area is 184 Å². The van der Waals surface area contributed by atoms with E-state index in [1.807, 2.05) is 0 Å². The minimum absolute atomic E-state index is 0.0124. The molecule has 0 spiro atoms. The van der Waals surface area contributed by atoms with E-state index in [2.05, 4.69) is 19.7 Å². The summed E-state index contributed by atoms with van der Waals surface area (Å²) in [7, 11) is -1.86. The van der Waals surface area contributed by atoms with Crippen molar-refractivity contribution in [3.05, 3.63) is 58.7 Å². The number of rotatable bonds is 6. The van der Waals surface area contributed by atoms with Gasteiger partial charge in [0, 0.05) is 18.0 Å². The van der Waals surface area contributed by atoms with E-state index in [9.17, 15) is 21.6 Å². The first-order chi connectivity index (χ1) is 14.9. The molecule has 2 heterocycles. The summed E-state index contributed by atoms with van der Waals surface area (Å²) in [6.45, 7) is 6.40. The number of benzene rings is 1. The van der Waals surface area contributed by atoms with Crippen molar-refractivity contribution in [2.24, 2.45) is 12.0 Å². The Balaban J connectivity index is 2.19. The summed E-state index contributed by atoms with van der Waals surface area (Å²) in [5, 5.41) is -0.187. The Morgan fingerprint density at radius 1 is 1.16 bits per heavy atom. The van der Waals surface area contributed by atoms with Crippen molar-refractivity contribution in [1.82, 2.24) is 14.5 Å². The van der Waals surface area contributed by atoms with Crippen LogP contribution in [0.2, 0.25) is 0 Å². The SMILES string of the molecule is Cc1n/c(=N\[C@H](C)c2cccc(C(F)F)c2F)c2cc(NS(=O)(=O)C(C)C)ncc2n1C. The van der Waals surface area contributed by atoms with Crippen LogP contribution in [0.3, 0.4) is 0 Å². The molecule has 0 unspecified atom stereocenters. The summed E-state index contributed by atoms with van der Waals surface area (Å²) >= 11 is 0. The Morgan fingerprint density at radius 2 is 1.81 bits per heavy atom. The molecule has 1 atom stereocenters. The number of alkyl halides is 2. The molecule has 0 saturated heterocycles. The van der Waals surface area contributed by atoms with Crippen LogP contribution in [0.25, 0.3) is 10.9 Å². The first kappa shape index (κ1) is 23.7. The molecule has 0 bridgehead atoms. The Bertz CT molecular complexity index is 1340. The molecule has 0 saturated carbocycles. The molecular weight excluding hydrogens is 443 g/mol. The van der Waals surface area contributed by atoms with Crippen molar-refractivity contribution < 1.29 is 21.6 Å². The maximum atomic E-state index is 14.6. The van der Waals surface area contributed by atoms with Crippen LogP contribution in [0, 0.1) is 12.7 Å². The van der Waals surface area contributed by atoms with Crippen LogP contribution in [0.15, 0.2) is 35.5 Å². The molecule has 3 rings (SSSR count). The van der Waals surface area contributed by atoms with Crippen LogP contribution < -0.4 is 10.2 Å². The van der Waals surface area contributed by atoms with Crippen LogP contribution in [-0.4, -0.2) is 28.2 Å². The van der Waals surface area contributed by atoms with Crippen LogP contribution in [-0.2, 0) is 17.1 Å². The summed E-state index contributed by atoms with van der Waals surface area (Å²) in [5.74, 6) is -0.331. The number of pyridine rings is 1. The van der Waals surface area contributed by atoms with E-state index in [-0.39, 0.29) is 16.9 Å². The van der Waals surface area contributed by atoms with E-state index in [1.165, 1.54) is 24.4 Å². The molecule has 172 valence electrons. The van der Waals surface area contributed by atoms with E-state index >= 15 is 0 Å². The average molecular weight is 468 g/mol. The standard InChI is InChI=1S/C21H24F3N5O2S/c1-11(2)32(30,31)28-18-9-16-17(10-25-18)29(5)13(4)27-21(16)26-12(3)14-7-6-8-15(19(14)22)20(23)24/h6-12,20H,1-5H3,(H,25,28)/b26-21-/t12-/m1/s1. The molecule has 0 aliphatic rings. The number of fused-ring (bicyclic) bond motifs is 1. The number of hydrogen-bond donors (Lipinski definition) is 1. The first-order valence-corrected chi connectivity index (χ1v) is 11.4. The van der Waals surface area contributed by atoms with Gasteiger partial charge in [0.1, 0.15) is 17.5 Å². The number of aryl methyl sites for hydroxylation is 2. The van der Waals surface area contributed by atoms with Crippen molar-refractivity contribution >= 4 is 26.7 Å². The maximum Gasteiger partial charge on any atom is 0.266 e. The second-order valence-electron chi connectivity index (χ2n) is 7.68. The summed E-state index contributed by atoms with van der Waals surface area (Å²) in [6, 6.07) is 4.47. The number of nitrogens with zero attached hydrogens (tertiary/aromatic N) is 4. The predicted molar refractivity (Wildman–Crippen MR) is 116 cm³/mol. The van der Waals surface area contributed by atoms with Gasteiger partial charge in [-0.25, -0.2) is 31.6 Å². The molecule has 2 aromatic heterocycles. The molecular formula is C21H24F3N5O2S. The summed E-state index contributed by atoms with van der Waals surface area (Å²) < 4.78 is 69.4. The zero-order chi connectivity index (χ0) is 23.8. The van der Waals surface area contributed by atoms with E-state index in [0.29, 0.717) is 16.7 Å². The molecule has 1 aromatic carbocycles. The van der Waals surface area contributed by atoms with Gasteiger partial charge in [0.25, 0.3) is 6.43 Å². The Hall–Kier alpha value is -2.95. The normalized spacial score (nSPS) is 13.9.